The Kier molecular flexibility index (Phi) is 4.52. The van der Waals surface area contributed by atoms with Crippen molar-refractivity contribution in [1.29, 1.82) is 0 Å². The molecule has 0 bridgehead atoms. The van der Waals surface area contributed by atoms with E-state index in [-0.39, 0.29) is 11.9 Å². The zero-order valence-electron chi connectivity index (χ0n) is 15.8. The molecule has 0 radical (unpaired) electrons. The minimum absolute atomic E-state index is 0.159. The van der Waals surface area contributed by atoms with E-state index >= 15 is 0 Å². The Hall–Kier alpha value is -2.80. The maximum atomic E-state index is 12.7. The summed E-state index contributed by atoms with van der Waals surface area (Å²) in [5, 5.41) is 8.97. The fourth-order valence-corrected chi connectivity index (χ4v) is 4.18. The molecule has 2 aromatic heterocycles. The van der Waals surface area contributed by atoms with E-state index in [1.165, 1.54) is 6.42 Å². The molecule has 1 aromatic carbocycles. The van der Waals surface area contributed by atoms with Crippen LogP contribution in [0.25, 0.3) is 10.9 Å². The minimum atomic E-state index is 0.159. The van der Waals surface area contributed by atoms with E-state index in [2.05, 4.69) is 15.4 Å². The summed E-state index contributed by atoms with van der Waals surface area (Å²) in [6, 6.07) is 8.37. The molecule has 1 atom stereocenters. The van der Waals surface area contributed by atoms with E-state index in [0.29, 0.717) is 19.5 Å². The third-order valence-electron chi connectivity index (χ3n) is 5.77. The first-order chi connectivity index (χ1) is 13.8. The van der Waals surface area contributed by atoms with Gasteiger partial charge in [0, 0.05) is 43.1 Å². The monoisotopic (exact) mass is 376 g/mol. The molecular weight excluding hydrogens is 352 g/mol. The van der Waals surface area contributed by atoms with Crippen molar-refractivity contribution in [3.05, 3.63) is 53.7 Å². The number of aryl methyl sites for hydroxylation is 1. The zero-order chi connectivity index (χ0) is 18.9. The van der Waals surface area contributed by atoms with Crippen molar-refractivity contribution < 1.29 is 4.79 Å². The largest absolute Gasteiger partial charge is 0.338 e. The fraction of sp³-hybridized carbons (Fsp3) is 0.429. The zero-order valence-corrected chi connectivity index (χ0v) is 15.8. The molecular formula is C21H24N6O. The average molecular weight is 376 g/mol. The quantitative estimate of drug-likeness (QED) is 0.756. The number of nitrogens with zero attached hydrogens (tertiary/aromatic N) is 5. The number of hydrogen-bond acceptors (Lipinski definition) is 5. The lowest BCUT2D eigenvalue weighted by atomic mass is 10.1. The molecule has 2 aliphatic rings. The van der Waals surface area contributed by atoms with Crippen LogP contribution in [0.2, 0.25) is 0 Å². The smallest absolute Gasteiger partial charge is 0.224 e. The Morgan fingerprint density at radius 3 is 3.07 bits per heavy atom. The fourth-order valence-electron chi connectivity index (χ4n) is 4.18. The van der Waals surface area contributed by atoms with Gasteiger partial charge in [0.15, 0.2) is 0 Å². The first-order valence-corrected chi connectivity index (χ1v) is 10.0. The van der Waals surface area contributed by atoms with Gasteiger partial charge in [0.05, 0.1) is 30.0 Å². The van der Waals surface area contributed by atoms with Gasteiger partial charge in [-0.25, -0.2) is 9.97 Å². The molecule has 0 aliphatic carbocycles. The molecule has 1 N–H and O–H groups in total. The maximum Gasteiger partial charge on any atom is 0.224 e. The Morgan fingerprint density at radius 2 is 2.18 bits per heavy atom. The van der Waals surface area contributed by atoms with Gasteiger partial charge in [0.1, 0.15) is 5.82 Å². The number of fused-ring (bicyclic) bond motifs is 2. The van der Waals surface area contributed by atoms with Crippen LogP contribution in [-0.2, 0) is 24.3 Å². The van der Waals surface area contributed by atoms with Gasteiger partial charge < -0.3 is 10.2 Å². The van der Waals surface area contributed by atoms with Crippen molar-refractivity contribution in [2.24, 2.45) is 0 Å². The highest BCUT2D eigenvalue weighted by Crippen LogP contribution is 2.23. The Labute approximate surface area is 163 Å². The van der Waals surface area contributed by atoms with Crippen molar-refractivity contribution >= 4 is 16.8 Å². The summed E-state index contributed by atoms with van der Waals surface area (Å²) in [6.07, 6.45) is 7.30. The van der Waals surface area contributed by atoms with Gasteiger partial charge in [-0.1, -0.05) is 18.2 Å². The van der Waals surface area contributed by atoms with Crippen molar-refractivity contribution in [3.8, 4) is 0 Å². The van der Waals surface area contributed by atoms with Crippen LogP contribution in [0.3, 0.4) is 0 Å². The summed E-state index contributed by atoms with van der Waals surface area (Å²) >= 11 is 0. The van der Waals surface area contributed by atoms with Gasteiger partial charge in [-0.3, -0.25) is 9.48 Å². The van der Waals surface area contributed by atoms with E-state index in [0.717, 1.165) is 53.9 Å². The normalized spacial score (nSPS) is 19.1. The highest BCUT2D eigenvalue weighted by atomic mass is 16.2. The summed E-state index contributed by atoms with van der Waals surface area (Å²) in [4.78, 5) is 24.0. The number of nitrogens with one attached hydrogen (secondary N) is 1. The van der Waals surface area contributed by atoms with Crippen molar-refractivity contribution in [2.75, 3.05) is 13.1 Å². The van der Waals surface area contributed by atoms with Crippen LogP contribution in [0.4, 0.5) is 0 Å². The molecule has 7 heteroatoms. The van der Waals surface area contributed by atoms with Gasteiger partial charge in [0.2, 0.25) is 5.91 Å². The predicted molar refractivity (Wildman–Crippen MR) is 105 cm³/mol. The Morgan fingerprint density at radius 1 is 1.25 bits per heavy atom. The van der Waals surface area contributed by atoms with Gasteiger partial charge in [-0.05, 0) is 25.5 Å². The van der Waals surface area contributed by atoms with Crippen molar-refractivity contribution in [1.82, 2.24) is 30.0 Å². The van der Waals surface area contributed by atoms with E-state index in [4.69, 9.17) is 4.98 Å². The molecule has 1 unspecified atom stereocenters. The standard InChI is InChI=1S/C21H24N6O/c28-20(8-11-27-19-6-2-1-4-15(19)13-24-27)26-10-7-17-16(14-26)12-23-21(25-17)18-5-3-9-22-18/h1-2,4,6,12-13,18,22H,3,5,7-11,14H2. The average Bonchev–Trinajstić information content (AvgIpc) is 3.41. The second kappa shape index (κ2) is 7.31. The van der Waals surface area contributed by atoms with Crippen LogP contribution >= 0.6 is 0 Å². The topological polar surface area (TPSA) is 75.9 Å². The number of aromatic nitrogens is 4. The molecule has 3 aromatic rings. The SMILES string of the molecule is O=C(CCn1ncc2ccccc21)N1CCc2nc(C3CCCN3)ncc2C1. The van der Waals surface area contributed by atoms with E-state index in [1.807, 2.05) is 46.2 Å². The molecule has 0 spiro atoms. The molecule has 28 heavy (non-hydrogen) atoms. The third-order valence-corrected chi connectivity index (χ3v) is 5.77. The Balaban J connectivity index is 1.23. The number of para-hydroxylation sites is 1. The second-order valence-electron chi connectivity index (χ2n) is 7.59. The molecule has 0 saturated carbocycles. The Bertz CT molecular complexity index is 1010. The molecule has 7 nitrogen and oxygen atoms in total. The molecule has 5 rings (SSSR count). The van der Waals surface area contributed by atoms with E-state index in [1.54, 1.807) is 0 Å². The number of hydrogen-bond donors (Lipinski definition) is 1. The number of rotatable bonds is 4. The molecule has 2 aliphatic heterocycles. The van der Waals surface area contributed by atoms with Gasteiger partial charge in [-0.15, -0.1) is 0 Å². The maximum absolute atomic E-state index is 12.7. The number of carbonyl (C=O) groups is 1. The third kappa shape index (κ3) is 3.26. The predicted octanol–water partition coefficient (Wildman–Crippen LogP) is 2.23. The number of carbonyl (C=O) groups excluding carboxylic acids is 1. The lowest BCUT2D eigenvalue weighted by molar-refractivity contribution is -0.132. The van der Waals surface area contributed by atoms with Crippen LogP contribution in [0.1, 0.15) is 42.4 Å². The van der Waals surface area contributed by atoms with E-state index < -0.39 is 0 Å². The van der Waals surface area contributed by atoms with Crippen LogP contribution < -0.4 is 5.32 Å². The summed E-state index contributed by atoms with van der Waals surface area (Å²) < 4.78 is 1.91. The highest BCUT2D eigenvalue weighted by Gasteiger charge is 2.25. The summed E-state index contributed by atoms with van der Waals surface area (Å²) in [5.74, 6) is 1.06. The van der Waals surface area contributed by atoms with Crippen molar-refractivity contribution in [3.63, 3.8) is 0 Å². The molecule has 4 heterocycles. The molecule has 1 fully saturated rings. The van der Waals surface area contributed by atoms with E-state index in [9.17, 15) is 4.79 Å². The van der Waals surface area contributed by atoms with Crippen molar-refractivity contribution in [2.45, 2.75) is 44.8 Å². The van der Waals surface area contributed by atoms with Crippen LogP contribution in [0.15, 0.2) is 36.7 Å². The first kappa shape index (κ1) is 17.3. The number of amides is 1. The minimum Gasteiger partial charge on any atom is -0.338 e. The van der Waals surface area contributed by atoms with Crippen LogP contribution in [0.5, 0.6) is 0 Å². The second-order valence-corrected chi connectivity index (χ2v) is 7.59. The van der Waals surface area contributed by atoms with Gasteiger partial charge >= 0.3 is 0 Å². The first-order valence-electron chi connectivity index (χ1n) is 10.0. The van der Waals surface area contributed by atoms with Gasteiger partial charge in [-0.2, -0.15) is 5.10 Å². The summed E-state index contributed by atoms with van der Waals surface area (Å²) in [6.45, 7) is 2.96. The number of benzene rings is 1. The van der Waals surface area contributed by atoms with Crippen LogP contribution in [-0.4, -0.2) is 43.6 Å². The summed E-state index contributed by atoms with van der Waals surface area (Å²) in [5.41, 5.74) is 3.24. The summed E-state index contributed by atoms with van der Waals surface area (Å²) in [7, 11) is 0. The molecule has 1 saturated heterocycles. The lowest BCUT2D eigenvalue weighted by Gasteiger charge is -2.28. The highest BCUT2D eigenvalue weighted by molar-refractivity contribution is 5.79. The molecule has 144 valence electrons. The molecule has 1 amide bonds. The van der Waals surface area contributed by atoms with Gasteiger partial charge in [0.25, 0.3) is 0 Å². The lowest BCUT2D eigenvalue weighted by Crippen LogP contribution is -2.37. The van der Waals surface area contributed by atoms with Crippen LogP contribution in [0, 0.1) is 0 Å².